The minimum Gasteiger partial charge on any atom is -0.479 e. The van der Waals surface area contributed by atoms with E-state index >= 15 is 0 Å². The highest BCUT2D eigenvalue weighted by Crippen LogP contribution is 2.29. The number of aromatic nitrogens is 2. The van der Waals surface area contributed by atoms with E-state index in [0.29, 0.717) is 29.4 Å². The summed E-state index contributed by atoms with van der Waals surface area (Å²) in [6, 6.07) is 10.1. The third kappa shape index (κ3) is 4.27. The number of rotatable bonds is 5. The molecular weight excluding hydrogens is 592 g/mol. The summed E-state index contributed by atoms with van der Waals surface area (Å²) in [5.74, 6) is -0.610. The van der Waals surface area contributed by atoms with Crippen molar-refractivity contribution in [1.82, 2.24) is 9.66 Å². The van der Waals surface area contributed by atoms with Crippen molar-refractivity contribution in [2.75, 3.05) is 0 Å². The van der Waals surface area contributed by atoms with Crippen LogP contribution in [0.1, 0.15) is 12.5 Å². The van der Waals surface area contributed by atoms with Gasteiger partial charge in [-0.1, -0.05) is 12.1 Å². The van der Waals surface area contributed by atoms with Gasteiger partial charge in [0.05, 0.1) is 24.3 Å². The van der Waals surface area contributed by atoms with Crippen LogP contribution in [0.3, 0.4) is 0 Å². The number of hydrogen-bond acceptors (Lipinski definition) is 5. The number of carboxylic acid groups (broad SMARTS) is 1. The number of halogens is 2. The Morgan fingerprint density at radius 2 is 1.89 bits per heavy atom. The molecule has 0 aliphatic heterocycles. The van der Waals surface area contributed by atoms with Gasteiger partial charge in [-0.05, 0) is 81.9 Å². The number of aromatic amines is 1. The summed E-state index contributed by atoms with van der Waals surface area (Å²) >= 11 is 4.05. The van der Waals surface area contributed by atoms with E-state index in [2.05, 4.69) is 10.1 Å². The van der Waals surface area contributed by atoms with Gasteiger partial charge in [0.1, 0.15) is 5.75 Å². The van der Waals surface area contributed by atoms with Gasteiger partial charge in [0.25, 0.3) is 5.56 Å². The number of hydrogen-bond donors (Lipinski definition) is 2. The molecule has 2 N–H and O–H groups in total. The Hall–Kier alpha value is -2.22. The number of carboxylic acids is 1. The fraction of sp³-hybridized carbons (Fsp3) is 0.111. The molecule has 0 unspecified atom stereocenters. The number of fused-ring (bicyclic) bond motifs is 1. The Kier molecular flexibility index (Phi) is 6.17. The number of benzene rings is 2. The van der Waals surface area contributed by atoms with Crippen LogP contribution in [-0.4, -0.2) is 33.1 Å². The average molecular weight is 605 g/mol. The molecule has 3 rings (SSSR count). The second-order valence-electron chi connectivity index (χ2n) is 5.75. The summed E-state index contributed by atoms with van der Waals surface area (Å²) in [7, 11) is 0. The van der Waals surface area contributed by atoms with Gasteiger partial charge in [0.15, 0.2) is 6.10 Å². The van der Waals surface area contributed by atoms with E-state index in [0.717, 1.165) is 4.68 Å². The first-order valence-corrected chi connectivity index (χ1v) is 10.1. The smallest absolute Gasteiger partial charge is 0.349 e. The van der Waals surface area contributed by atoms with E-state index in [-0.39, 0.29) is 0 Å². The first-order valence-electron chi connectivity index (χ1n) is 7.95. The lowest BCUT2D eigenvalue weighted by Gasteiger charge is -2.14. The molecular formula is C18H13I2N3O5. The first-order chi connectivity index (χ1) is 13.3. The van der Waals surface area contributed by atoms with Crippen molar-refractivity contribution in [3.8, 4) is 5.75 Å². The molecule has 0 spiro atoms. The molecule has 0 saturated heterocycles. The van der Waals surface area contributed by atoms with Gasteiger partial charge in [-0.3, -0.25) is 4.79 Å². The molecule has 3 aromatic rings. The van der Waals surface area contributed by atoms with Gasteiger partial charge < -0.3 is 14.8 Å². The molecule has 0 aliphatic carbocycles. The fourth-order valence-electron chi connectivity index (χ4n) is 2.38. The number of ether oxygens (including phenoxy) is 1. The molecule has 1 atom stereocenters. The first kappa shape index (κ1) is 20.5. The van der Waals surface area contributed by atoms with Crippen molar-refractivity contribution in [1.29, 1.82) is 0 Å². The Bertz CT molecular complexity index is 1190. The lowest BCUT2D eigenvalue weighted by atomic mass is 10.2. The number of H-pyrrole nitrogens is 1. The number of aliphatic carboxylic acids is 1. The number of nitrogens with one attached hydrogen (secondary N) is 1. The molecule has 0 radical (unpaired) electrons. The molecule has 28 heavy (non-hydrogen) atoms. The Morgan fingerprint density at radius 1 is 1.25 bits per heavy atom. The molecule has 1 aromatic heterocycles. The molecule has 144 valence electrons. The molecule has 0 fully saturated rings. The molecule has 0 bridgehead atoms. The van der Waals surface area contributed by atoms with Crippen LogP contribution in [0.4, 0.5) is 0 Å². The minimum atomic E-state index is -1.06. The molecule has 0 saturated carbocycles. The standard InChI is InChI=1S/C18H13I2N3O5/c1-9(17(25)26)28-15-12(19)6-10(7-13(15)20)8-21-23-16(24)11-4-2-3-5-14(11)22-18(23)27/h2-9H,1H3,(H,22,27)(H,25,26)/t9-/m1/s1. The Balaban J connectivity index is 1.98. The summed E-state index contributed by atoms with van der Waals surface area (Å²) in [6.45, 7) is 1.45. The Labute approximate surface area is 185 Å². The average Bonchev–Trinajstić information content (AvgIpc) is 2.64. The maximum absolute atomic E-state index is 12.5. The van der Waals surface area contributed by atoms with E-state index in [4.69, 9.17) is 9.84 Å². The van der Waals surface area contributed by atoms with Gasteiger partial charge in [-0.2, -0.15) is 5.10 Å². The summed E-state index contributed by atoms with van der Waals surface area (Å²) < 4.78 is 7.59. The lowest BCUT2D eigenvalue weighted by molar-refractivity contribution is -0.144. The van der Waals surface area contributed by atoms with Crippen molar-refractivity contribution >= 4 is 68.3 Å². The number of nitrogens with zero attached hydrogens (tertiary/aromatic N) is 2. The minimum absolute atomic E-state index is 0.356. The highest BCUT2D eigenvalue weighted by molar-refractivity contribution is 14.1. The van der Waals surface area contributed by atoms with Crippen LogP contribution >= 0.6 is 45.2 Å². The zero-order valence-electron chi connectivity index (χ0n) is 14.3. The third-order valence-electron chi connectivity index (χ3n) is 3.77. The second kappa shape index (κ2) is 8.43. The van der Waals surface area contributed by atoms with Crippen molar-refractivity contribution in [2.45, 2.75) is 13.0 Å². The fourth-order valence-corrected chi connectivity index (χ4v) is 4.45. The summed E-state index contributed by atoms with van der Waals surface area (Å²) in [5, 5.41) is 13.4. The monoisotopic (exact) mass is 605 g/mol. The van der Waals surface area contributed by atoms with Crippen molar-refractivity contribution in [2.24, 2.45) is 5.10 Å². The van der Waals surface area contributed by atoms with Crippen LogP contribution in [0.15, 0.2) is 51.1 Å². The van der Waals surface area contributed by atoms with Crippen molar-refractivity contribution < 1.29 is 14.6 Å². The largest absolute Gasteiger partial charge is 0.479 e. The quantitative estimate of drug-likeness (QED) is 0.343. The number of para-hydroxylation sites is 1. The lowest BCUT2D eigenvalue weighted by Crippen LogP contribution is -2.32. The van der Waals surface area contributed by atoms with Crippen LogP contribution in [-0.2, 0) is 4.79 Å². The molecule has 10 heteroatoms. The van der Waals surface area contributed by atoms with Gasteiger partial charge >= 0.3 is 11.7 Å². The van der Waals surface area contributed by atoms with Gasteiger partial charge in [-0.15, -0.1) is 4.68 Å². The van der Waals surface area contributed by atoms with Crippen LogP contribution in [0.2, 0.25) is 0 Å². The summed E-state index contributed by atoms with van der Waals surface area (Å²) in [6.07, 6.45) is 0.399. The number of carbonyl (C=O) groups is 1. The topological polar surface area (TPSA) is 114 Å². The van der Waals surface area contributed by atoms with Crippen LogP contribution < -0.4 is 16.0 Å². The van der Waals surface area contributed by atoms with Crippen LogP contribution in [0, 0.1) is 7.14 Å². The van der Waals surface area contributed by atoms with E-state index in [1.165, 1.54) is 13.1 Å². The predicted octanol–water partition coefficient (Wildman–Crippen LogP) is 2.63. The highest BCUT2D eigenvalue weighted by atomic mass is 127. The second-order valence-corrected chi connectivity index (χ2v) is 8.07. The summed E-state index contributed by atoms with van der Waals surface area (Å²) in [4.78, 5) is 38.3. The van der Waals surface area contributed by atoms with Gasteiger partial charge in [0, 0.05) is 0 Å². The Morgan fingerprint density at radius 3 is 2.54 bits per heavy atom. The van der Waals surface area contributed by atoms with Crippen LogP contribution in [0.25, 0.3) is 10.9 Å². The zero-order valence-corrected chi connectivity index (χ0v) is 18.7. The van der Waals surface area contributed by atoms with Crippen LogP contribution in [0.5, 0.6) is 5.75 Å². The predicted molar refractivity (Wildman–Crippen MR) is 121 cm³/mol. The van der Waals surface area contributed by atoms with E-state index in [1.54, 1.807) is 36.4 Å². The van der Waals surface area contributed by atoms with Crippen molar-refractivity contribution in [3.05, 3.63) is 69.9 Å². The van der Waals surface area contributed by atoms with Crippen molar-refractivity contribution in [3.63, 3.8) is 0 Å². The molecule has 1 heterocycles. The maximum atomic E-state index is 12.5. The van der Waals surface area contributed by atoms with E-state index < -0.39 is 23.3 Å². The van der Waals surface area contributed by atoms with E-state index in [1.807, 2.05) is 45.2 Å². The normalized spacial score (nSPS) is 12.4. The molecule has 0 amide bonds. The highest BCUT2D eigenvalue weighted by Gasteiger charge is 2.17. The summed E-state index contributed by atoms with van der Waals surface area (Å²) in [5.41, 5.74) is -0.0829. The maximum Gasteiger partial charge on any atom is 0.349 e. The van der Waals surface area contributed by atoms with Gasteiger partial charge in [0.2, 0.25) is 0 Å². The molecule has 8 nitrogen and oxygen atoms in total. The molecule has 0 aliphatic rings. The van der Waals surface area contributed by atoms with Gasteiger partial charge in [-0.25, -0.2) is 9.59 Å². The zero-order chi connectivity index (χ0) is 20.4. The SMILES string of the molecule is C[C@@H](Oc1c(I)cc(C=Nn2c(=O)[nH]c3ccccc3c2=O)cc1I)C(=O)O. The molecule has 2 aromatic carbocycles. The van der Waals surface area contributed by atoms with E-state index in [9.17, 15) is 14.4 Å². The third-order valence-corrected chi connectivity index (χ3v) is 5.37.